The Kier molecular flexibility index (Phi) is 33.2. The van der Waals surface area contributed by atoms with Crippen molar-refractivity contribution >= 4 is 107 Å². The SMILES string of the molecule is BrCc1ccccc1Br.CCCC.CCC[CH2][SnH]([CH2]CCC)[c]1ccco1.Cc1cc(C)nc(N2CCC3(CCCN(Cc4ccccc4-c4ccco4)C3=O)CC2)n1.Cc1cc(C)nc(N2CCC3(CCCN(Cc4ccccc4Br)C3=O)CC2)n1.Cc1cc(C)nc(N2CCC3(CCCNC3=O)CC2)n1. The third kappa shape index (κ3) is 23.8. The predicted molar refractivity (Wildman–Crippen MR) is 448 cm³/mol. The molecule has 11 heterocycles. The first-order valence-corrected chi connectivity index (χ1v) is 48.5. The molecule has 5 aromatic heterocycles. The Morgan fingerprint density at radius 1 is 0.439 bits per heavy atom. The minimum atomic E-state index is -1.46. The van der Waals surface area contributed by atoms with Crippen LogP contribution < -0.4 is 23.8 Å². The van der Waals surface area contributed by atoms with Crippen LogP contribution in [0.4, 0.5) is 17.8 Å². The molecule has 3 aromatic carbocycles. The number of halogens is 3. The van der Waals surface area contributed by atoms with Gasteiger partial charge in [0.2, 0.25) is 35.6 Å². The Hall–Kier alpha value is -6.49. The molecule has 21 heteroatoms. The summed E-state index contributed by atoms with van der Waals surface area (Å²) < 4.78 is 17.8. The average molecular weight is 1760 g/mol. The molecule has 6 aliphatic rings. The summed E-state index contributed by atoms with van der Waals surface area (Å²) in [7, 11) is 0. The van der Waals surface area contributed by atoms with E-state index in [1.807, 2.05) is 127 Å². The van der Waals surface area contributed by atoms with Crippen LogP contribution in [0.5, 0.6) is 0 Å². The number of aromatic nitrogens is 6. The zero-order valence-corrected chi connectivity index (χ0v) is 73.5. The summed E-state index contributed by atoms with van der Waals surface area (Å²) in [6, 6.07) is 38.7. The van der Waals surface area contributed by atoms with E-state index in [-0.39, 0.29) is 22.2 Å². The number of anilines is 3. The number of aryl methyl sites for hydroxylation is 6. The summed E-state index contributed by atoms with van der Waals surface area (Å²) in [6.45, 7) is 29.9. The van der Waals surface area contributed by atoms with Gasteiger partial charge in [-0.15, -0.1) is 0 Å². The average Bonchev–Trinajstić information content (AvgIpc) is 1.36. The second kappa shape index (κ2) is 42.1. The van der Waals surface area contributed by atoms with Crippen molar-refractivity contribution in [3.8, 4) is 11.3 Å². The van der Waals surface area contributed by atoms with E-state index in [9.17, 15) is 14.4 Å². The standard InChI is InChI=1S/C26H30N4O2.C22H27BrN4O.C15H22N4O.C7H6Br2.C4H3O.C4H10.2C4H9.Sn.H/c1-19-17-20(2)28-25(27-19)29-14-11-26(12-15-29)10-6-13-30(24(26)31)18-21-7-3-4-8-22(21)23-9-5-16-32-23;1-16-14-17(2)25-21(24-16)26-12-9-22(10-13-26)8-5-11-27(20(22)28)15-18-6-3-4-7-19(18)23;1-11-10-12(2)18-14(17-11)19-8-5-15(6-9-19)4-3-7-16-13(15)20;8-5-6-3-1-2-4-7(6)9;1-2-4-5-3-1;3*1-3-4-2;;/h3-5,7-9,16-17H,6,10-15,18H2,1-2H3;3-4,6-7,14H,5,8-13,15H2,1-2H3;10H,3-9H2,1-2H3,(H,16,20);1-4H,5H2;1-3H;3-4H2,1-2H3;2*1,3-4H2,2H3;;. The topological polar surface area (TPSA) is 183 Å². The van der Waals surface area contributed by atoms with E-state index in [4.69, 9.17) is 8.83 Å². The van der Waals surface area contributed by atoms with E-state index >= 15 is 0 Å². The summed E-state index contributed by atoms with van der Waals surface area (Å²) in [5.41, 5.74) is 10.0. The van der Waals surface area contributed by atoms with Crippen LogP contribution in [0, 0.1) is 57.8 Å². The van der Waals surface area contributed by atoms with Gasteiger partial charge in [0.1, 0.15) is 5.76 Å². The minimum Gasteiger partial charge on any atom is -0.464 e. The van der Waals surface area contributed by atoms with Gasteiger partial charge in [-0.05, 0) is 178 Å². The number of carbonyl (C=O) groups is 3. The van der Waals surface area contributed by atoms with E-state index < -0.39 is 19.8 Å². The molecule has 6 saturated heterocycles. The first kappa shape index (κ1) is 84.5. The maximum atomic E-state index is 13.7. The Labute approximate surface area is 670 Å². The molecule has 107 heavy (non-hydrogen) atoms. The second-order valence-electron chi connectivity index (χ2n) is 30.1. The summed E-state index contributed by atoms with van der Waals surface area (Å²) in [5.74, 6) is 4.15. The summed E-state index contributed by atoms with van der Waals surface area (Å²) in [6.07, 6.45) is 23.2. The van der Waals surface area contributed by atoms with Gasteiger partial charge in [-0.1, -0.05) is 135 Å². The Balaban J connectivity index is 0.000000161. The molecule has 576 valence electrons. The molecular formula is C86H117Br3N12O5Sn. The number of benzene rings is 3. The van der Waals surface area contributed by atoms with Crippen molar-refractivity contribution in [2.45, 2.75) is 212 Å². The van der Waals surface area contributed by atoms with E-state index in [0.29, 0.717) is 24.9 Å². The first-order valence-electron chi connectivity index (χ1n) is 39.5. The summed E-state index contributed by atoms with van der Waals surface area (Å²) in [4.78, 5) is 77.6. The smallest absolute Gasteiger partial charge is 0.229 e. The van der Waals surface area contributed by atoms with Crippen molar-refractivity contribution < 1.29 is 23.2 Å². The molecule has 14 rings (SSSR count). The van der Waals surface area contributed by atoms with Gasteiger partial charge in [0.05, 0.1) is 22.5 Å². The quantitative estimate of drug-likeness (QED) is 0.0671. The molecule has 6 aliphatic heterocycles. The van der Waals surface area contributed by atoms with Crippen LogP contribution in [-0.2, 0) is 32.8 Å². The largest absolute Gasteiger partial charge is 0.464 e. The fourth-order valence-electron chi connectivity index (χ4n) is 15.7. The minimum absolute atomic E-state index is 0.131. The van der Waals surface area contributed by atoms with Crippen molar-refractivity contribution in [2.75, 3.05) is 73.6 Å². The molecule has 0 bridgehead atoms. The van der Waals surface area contributed by atoms with E-state index in [1.165, 1.54) is 66.8 Å². The number of unbranched alkanes of at least 4 members (excludes halogenated alkanes) is 3. The van der Waals surface area contributed by atoms with Gasteiger partial charge in [-0.25, -0.2) is 29.9 Å². The molecular weight excluding hydrogens is 1640 g/mol. The van der Waals surface area contributed by atoms with E-state index in [1.54, 1.807) is 6.26 Å². The van der Waals surface area contributed by atoms with Crippen LogP contribution in [0.2, 0.25) is 8.87 Å². The van der Waals surface area contributed by atoms with E-state index in [0.717, 1.165) is 215 Å². The van der Waals surface area contributed by atoms with Crippen LogP contribution in [0.25, 0.3) is 11.3 Å². The molecule has 0 aliphatic carbocycles. The third-order valence-electron chi connectivity index (χ3n) is 22.0. The van der Waals surface area contributed by atoms with Crippen molar-refractivity contribution in [2.24, 2.45) is 16.2 Å². The van der Waals surface area contributed by atoms with Crippen LogP contribution in [0.15, 0.2) is 146 Å². The molecule has 0 radical (unpaired) electrons. The molecule has 6 fully saturated rings. The molecule has 3 amide bonds. The molecule has 1 N–H and O–H groups in total. The number of carbonyl (C=O) groups excluding carboxylic acids is 3. The fraction of sp³-hybridized carbons (Fsp3) is 0.523. The Morgan fingerprint density at radius 2 is 0.832 bits per heavy atom. The monoisotopic (exact) mass is 1750 g/mol. The molecule has 3 spiro atoms. The Morgan fingerprint density at radius 3 is 1.21 bits per heavy atom. The summed E-state index contributed by atoms with van der Waals surface area (Å²) in [5, 5.41) is 3.94. The van der Waals surface area contributed by atoms with Crippen molar-refractivity contribution in [3.05, 3.63) is 188 Å². The zero-order valence-electron chi connectivity index (χ0n) is 65.4. The number of alkyl halides is 1. The second-order valence-corrected chi connectivity index (χ2v) is 41.3. The van der Waals surface area contributed by atoms with Crippen LogP contribution in [0.3, 0.4) is 0 Å². The number of piperidine rings is 6. The van der Waals surface area contributed by atoms with Gasteiger partial charge in [-0.3, -0.25) is 14.4 Å². The maximum Gasteiger partial charge on any atom is 0.229 e. The van der Waals surface area contributed by atoms with Crippen LogP contribution in [0.1, 0.15) is 194 Å². The number of rotatable bonds is 17. The van der Waals surface area contributed by atoms with Gasteiger partial charge in [0, 0.05) is 126 Å². The Bertz CT molecular complexity index is 3990. The fourth-order valence-corrected chi connectivity index (χ4v) is 26.9. The van der Waals surface area contributed by atoms with Gasteiger partial charge in [-0.2, -0.15) is 0 Å². The molecule has 17 nitrogen and oxygen atoms in total. The summed E-state index contributed by atoms with van der Waals surface area (Å²) >= 11 is 8.96. The number of furan rings is 2. The number of likely N-dealkylation sites (tertiary alicyclic amines) is 2. The van der Waals surface area contributed by atoms with Crippen molar-refractivity contribution in [1.82, 2.24) is 45.0 Å². The van der Waals surface area contributed by atoms with Gasteiger partial charge in [0.25, 0.3) is 0 Å². The predicted octanol–water partition coefficient (Wildman–Crippen LogP) is 19.1. The van der Waals surface area contributed by atoms with Crippen molar-refractivity contribution in [3.63, 3.8) is 0 Å². The first-order chi connectivity index (χ1) is 51.7. The van der Waals surface area contributed by atoms with E-state index in [2.05, 4.69) is 172 Å². The van der Waals surface area contributed by atoms with Crippen molar-refractivity contribution in [1.29, 1.82) is 0 Å². The maximum absolute atomic E-state index is 13.7. The van der Waals surface area contributed by atoms with Crippen LogP contribution >= 0.6 is 47.8 Å². The molecule has 0 saturated carbocycles. The van der Waals surface area contributed by atoms with Crippen LogP contribution in [-0.4, -0.2) is 136 Å². The molecule has 0 unspecified atom stereocenters. The molecule has 0 atom stereocenters. The number of nitrogens with zero attached hydrogens (tertiary/aromatic N) is 11. The molecule has 8 aromatic rings. The number of amides is 3. The number of hydrogen-bond donors (Lipinski definition) is 1. The number of hydrogen-bond acceptors (Lipinski definition) is 14. The van der Waals surface area contributed by atoms with Gasteiger partial charge < -0.3 is 34.2 Å². The zero-order chi connectivity index (χ0) is 76.4. The van der Waals surface area contributed by atoms with Gasteiger partial charge in [0.15, 0.2) is 0 Å². The number of nitrogens with one attached hydrogen (secondary N) is 1. The normalized spacial score (nSPS) is 17.2. The van der Waals surface area contributed by atoms with Gasteiger partial charge >= 0.3 is 94.8 Å². The third-order valence-corrected chi connectivity index (χ3v) is 33.7.